The van der Waals surface area contributed by atoms with E-state index in [-0.39, 0.29) is 0 Å². The molecule has 0 unspecified atom stereocenters. The third kappa shape index (κ3) is 3.60. The van der Waals surface area contributed by atoms with E-state index in [9.17, 15) is 0 Å². The Bertz CT molecular complexity index is 562. The standard InChI is InChI=1S/C16H25N5/c1-4-7-13-15(18-9-6-3)19-12-20-16(13)21-11-10-17-14(21)8-5-2/h10-12H,4-9H2,1-3H3,(H,18,19,20). The van der Waals surface area contributed by atoms with Gasteiger partial charge in [-0.15, -0.1) is 0 Å². The zero-order valence-corrected chi connectivity index (χ0v) is 13.3. The summed E-state index contributed by atoms with van der Waals surface area (Å²) in [6, 6.07) is 0. The van der Waals surface area contributed by atoms with Crippen molar-refractivity contribution in [1.82, 2.24) is 19.5 Å². The van der Waals surface area contributed by atoms with Crippen LogP contribution in [0.4, 0.5) is 5.82 Å². The van der Waals surface area contributed by atoms with Crippen molar-refractivity contribution in [1.29, 1.82) is 0 Å². The van der Waals surface area contributed by atoms with Crippen molar-refractivity contribution in [3.63, 3.8) is 0 Å². The summed E-state index contributed by atoms with van der Waals surface area (Å²) in [5.74, 6) is 2.99. The van der Waals surface area contributed by atoms with Gasteiger partial charge in [0.25, 0.3) is 0 Å². The molecule has 0 aliphatic rings. The van der Waals surface area contributed by atoms with Gasteiger partial charge in [-0.2, -0.15) is 0 Å². The van der Waals surface area contributed by atoms with Crippen molar-refractivity contribution in [2.45, 2.75) is 52.9 Å². The molecule has 2 rings (SSSR count). The highest BCUT2D eigenvalue weighted by atomic mass is 15.1. The predicted octanol–water partition coefficient (Wildman–Crippen LogP) is 3.39. The van der Waals surface area contributed by atoms with E-state index >= 15 is 0 Å². The molecule has 114 valence electrons. The quantitative estimate of drug-likeness (QED) is 0.808. The molecule has 0 saturated heterocycles. The summed E-state index contributed by atoms with van der Waals surface area (Å²) in [7, 11) is 0. The van der Waals surface area contributed by atoms with Gasteiger partial charge in [0.15, 0.2) is 0 Å². The fourth-order valence-corrected chi connectivity index (χ4v) is 2.42. The van der Waals surface area contributed by atoms with E-state index in [2.05, 4.69) is 45.6 Å². The van der Waals surface area contributed by atoms with Crippen LogP contribution in [0.15, 0.2) is 18.7 Å². The molecule has 5 nitrogen and oxygen atoms in total. The molecule has 2 heterocycles. The molecule has 2 aromatic heterocycles. The molecule has 1 N–H and O–H groups in total. The third-order valence-electron chi connectivity index (χ3n) is 3.38. The summed E-state index contributed by atoms with van der Waals surface area (Å²) in [6.07, 6.45) is 10.6. The van der Waals surface area contributed by atoms with Gasteiger partial charge in [-0.3, -0.25) is 4.57 Å². The second-order valence-electron chi connectivity index (χ2n) is 5.16. The van der Waals surface area contributed by atoms with Crippen LogP contribution in [0.5, 0.6) is 0 Å². The Hall–Kier alpha value is -1.91. The van der Waals surface area contributed by atoms with Crippen LogP contribution >= 0.6 is 0 Å². The van der Waals surface area contributed by atoms with E-state index in [1.807, 2.05) is 12.4 Å². The number of nitrogens with one attached hydrogen (secondary N) is 1. The molecule has 0 bridgehead atoms. The monoisotopic (exact) mass is 287 g/mol. The summed E-state index contributed by atoms with van der Waals surface area (Å²) in [5.41, 5.74) is 1.18. The lowest BCUT2D eigenvalue weighted by molar-refractivity contribution is 0.779. The average Bonchev–Trinajstić information content (AvgIpc) is 2.95. The number of hydrogen-bond acceptors (Lipinski definition) is 4. The Morgan fingerprint density at radius 2 is 1.81 bits per heavy atom. The first kappa shape index (κ1) is 15.5. The van der Waals surface area contributed by atoms with Crippen LogP contribution in [0.25, 0.3) is 5.82 Å². The lowest BCUT2D eigenvalue weighted by Crippen LogP contribution is -2.12. The van der Waals surface area contributed by atoms with Crippen LogP contribution < -0.4 is 5.32 Å². The molecule has 0 atom stereocenters. The average molecular weight is 287 g/mol. The fraction of sp³-hybridized carbons (Fsp3) is 0.562. The number of hydrogen-bond donors (Lipinski definition) is 1. The number of imidazole rings is 1. The molecule has 5 heteroatoms. The first-order valence-corrected chi connectivity index (χ1v) is 7.92. The summed E-state index contributed by atoms with van der Waals surface area (Å²) < 4.78 is 2.10. The van der Waals surface area contributed by atoms with E-state index in [1.165, 1.54) is 5.56 Å². The van der Waals surface area contributed by atoms with E-state index in [1.54, 1.807) is 6.33 Å². The maximum Gasteiger partial charge on any atom is 0.146 e. The molecule has 0 spiro atoms. The fourth-order valence-electron chi connectivity index (χ4n) is 2.42. The van der Waals surface area contributed by atoms with Crippen LogP contribution in [0.3, 0.4) is 0 Å². The molecule has 0 amide bonds. The van der Waals surface area contributed by atoms with Gasteiger partial charge in [0, 0.05) is 30.9 Å². The highest BCUT2D eigenvalue weighted by molar-refractivity contribution is 5.52. The molecule has 0 radical (unpaired) electrons. The zero-order chi connectivity index (χ0) is 15.1. The molecule has 0 aromatic carbocycles. The number of aromatic nitrogens is 4. The molecular formula is C16H25N5. The van der Waals surface area contributed by atoms with Gasteiger partial charge < -0.3 is 5.32 Å². The zero-order valence-electron chi connectivity index (χ0n) is 13.3. The molecular weight excluding hydrogens is 262 g/mol. The molecule has 0 fully saturated rings. The lowest BCUT2D eigenvalue weighted by Gasteiger charge is -2.15. The topological polar surface area (TPSA) is 55.6 Å². The second kappa shape index (κ2) is 7.76. The van der Waals surface area contributed by atoms with Crippen molar-refractivity contribution < 1.29 is 0 Å². The smallest absolute Gasteiger partial charge is 0.146 e. The van der Waals surface area contributed by atoms with Crippen LogP contribution in [0, 0.1) is 0 Å². The highest BCUT2D eigenvalue weighted by Gasteiger charge is 2.14. The SMILES string of the molecule is CCCNc1ncnc(-n2ccnc2CCC)c1CCC. The Balaban J connectivity index is 2.43. The number of nitrogens with zero attached hydrogens (tertiary/aromatic N) is 4. The van der Waals surface area contributed by atoms with E-state index < -0.39 is 0 Å². The minimum atomic E-state index is 0.929. The Kier molecular flexibility index (Phi) is 5.72. The van der Waals surface area contributed by atoms with Gasteiger partial charge in [0.2, 0.25) is 0 Å². The summed E-state index contributed by atoms with van der Waals surface area (Å²) >= 11 is 0. The Morgan fingerprint density at radius 1 is 1.00 bits per heavy atom. The van der Waals surface area contributed by atoms with Crippen molar-refractivity contribution >= 4 is 5.82 Å². The van der Waals surface area contributed by atoms with Gasteiger partial charge in [0.05, 0.1) is 0 Å². The molecule has 0 saturated carbocycles. The van der Waals surface area contributed by atoms with Crippen LogP contribution in [0.2, 0.25) is 0 Å². The number of rotatable bonds is 8. The minimum absolute atomic E-state index is 0.929. The second-order valence-corrected chi connectivity index (χ2v) is 5.16. The highest BCUT2D eigenvalue weighted by Crippen LogP contribution is 2.22. The first-order valence-electron chi connectivity index (χ1n) is 7.92. The van der Waals surface area contributed by atoms with E-state index in [4.69, 9.17) is 0 Å². The van der Waals surface area contributed by atoms with Crippen LogP contribution in [0.1, 0.15) is 51.4 Å². The Labute approximate surface area is 126 Å². The van der Waals surface area contributed by atoms with Crippen LogP contribution in [-0.4, -0.2) is 26.1 Å². The molecule has 0 aliphatic carbocycles. The Morgan fingerprint density at radius 3 is 2.52 bits per heavy atom. The predicted molar refractivity (Wildman–Crippen MR) is 85.9 cm³/mol. The van der Waals surface area contributed by atoms with Gasteiger partial charge in [-0.1, -0.05) is 27.2 Å². The van der Waals surface area contributed by atoms with Crippen LogP contribution in [-0.2, 0) is 12.8 Å². The number of aryl methyl sites for hydroxylation is 1. The molecule has 0 aliphatic heterocycles. The summed E-state index contributed by atoms with van der Waals surface area (Å²) in [4.78, 5) is 13.4. The van der Waals surface area contributed by atoms with Gasteiger partial charge in [-0.05, 0) is 19.3 Å². The molecule has 21 heavy (non-hydrogen) atoms. The third-order valence-corrected chi connectivity index (χ3v) is 3.38. The van der Waals surface area contributed by atoms with E-state index in [0.717, 1.165) is 56.1 Å². The minimum Gasteiger partial charge on any atom is -0.370 e. The maximum atomic E-state index is 4.52. The van der Waals surface area contributed by atoms with Crippen molar-refractivity contribution in [3.05, 3.63) is 30.1 Å². The normalized spacial score (nSPS) is 10.8. The molecule has 2 aromatic rings. The van der Waals surface area contributed by atoms with Crippen molar-refractivity contribution in [2.75, 3.05) is 11.9 Å². The summed E-state index contributed by atoms with van der Waals surface area (Å²) in [5, 5.41) is 3.42. The summed E-state index contributed by atoms with van der Waals surface area (Å²) in [6.45, 7) is 7.43. The van der Waals surface area contributed by atoms with Gasteiger partial charge in [0.1, 0.15) is 23.8 Å². The largest absolute Gasteiger partial charge is 0.370 e. The van der Waals surface area contributed by atoms with Gasteiger partial charge in [-0.25, -0.2) is 15.0 Å². The first-order chi connectivity index (χ1) is 10.3. The van der Waals surface area contributed by atoms with Crippen molar-refractivity contribution in [2.24, 2.45) is 0 Å². The van der Waals surface area contributed by atoms with Gasteiger partial charge >= 0.3 is 0 Å². The maximum absolute atomic E-state index is 4.52. The van der Waals surface area contributed by atoms with E-state index in [0.29, 0.717) is 0 Å². The van der Waals surface area contributed by atoms with Crippen molar-refractivity contribution in [3.8, 4) is 5.82 Å². The number of anilines is 1. The lowest BCUT2D eigenvalue weighted by atomic mass is 10.1.